The molecule has 168 valence electrons. The van der Waals surface area contributed by atoms with Crippen LogP contribution >= 0.6 is 24.2 Å². The Kier molecular flexibility index (Phi) is 7.67. The van der Waals surface area contributed by atoms with Crippen molar-refractivity contribution in [1.29, 1.82) is 0 Å². The van der Waals surface area contributed by atoms with E-state index in [1.165, 1.54) is 46.8 Å². The summed E-state index contributed by atoms with van der Waals surface area (Å²) in [7, 11) is 1.72. The van der Waals surface area contributed by atoms with Gasteiger partial charge in [0.25, 0.3) is 0 Å². The maximum Gasteiger partial charge on any atom is 0.118 e. The molecular formula is C27H31ClN2OS. The fourth-order valence-corrected chi connectivity index (χ4v) is 5.91. The number of nitrogens with zero attached hydrogens (tertiary/aromatic N) is 2. The summed E-state index contributed by atoms with van der Waals surface area (Å²) in [6, 6.07) is 27.0. The molecule has 2 aliphatic rings. The van der Waals surface area contributed by atoms with Crippen LogP contribution in [0.5, 0.6) is 5.75 Å². The van der Waals surface area contributed by atoms with Gasteiger partial charge in [-0.25, -0.2) is 0 Å². The molecule has 3 aromatic rings. The van der Waals surface area contributed by atoms with Crippen molar-refractivity contribution in [3.8, 4) is 5.75 Å². The van der Waals surface area contributed by atoms with E-state index in [2.05, 4.69) is 82.6 Å². The van der Waals surface area contributed by atoms with Crippen molar-refractivity contribution >= 4 is 35.5 Å². The molecule has 0 N–H and O–H groups in total. The quantitative estimate of drug-likeness (QED) is 0.408. The van der Waals surface area contributed by atoms with Crippen LogP contribution in [0.4, 0.5) is 11.4 Å². The van der Waals surface area contributed by atoms with Crippen LogP contribution in [0.1, 0.15) is 24.0 Å². The highest BCUT2D eigenvalue weighted by Crippen LogP contribution is 2.43. The number of likely N-dealkylation sites (tertiary alicyclic amines) is 1. The maximum absolute atomic E-state index is 5.30. The standard InChI is InChI=1S/C27H30N2OS.ClH/c1-30-24-14-12-21(13-15-24)16-18-28-17-6-8-23(28)19-29-25-9-3-2-7-22(25)20-31-27-11-5-4-10-26(27)29;/h2-5,7,9-15,23H,6,8,16-20H2,1H3;1H. The van der Waals surface area contributed by atoms with Gasteiger partial charge in [-0.2, -0.15) is 0 Å². The van der Waals surface area contributed by atoms with Crippen LogP contribution in [0, 0.1) is 0 Å². The SMILES string of the molecule is COc1ccc(CCN2CCCC2CN2c3ccccc3CSc3ccccc32)cc1.Cl. The Labute approximate surface area is 202 Å². The van der Waals surface area contributed by atoms with Gasteiger partial charge in [0, 0.05) is 35.5 Å². The molecule has 0 saturated carbocycles. The molecule has 0 bridgehead atoms. The lowest BCUT2D eigenvalue weighted by molar-refractivity contribution is 0.261. The highest BCUT2D eigenvalue weighted by molar-refractivity contribution is 7.98. The minimum atomic E-state index is 0. The topological polar surface area (TPSA) is 15.7 Å². The number of rotatable bonds is 6. The molecule has 3 aromatic carbocycles. The molecule has 2 aliphatic heterocycles. The molecule has 0 aliphatic carbocycles. The Morgan fingerprint density at radius 1 is 0.938 bits per heavy atom. The summed E-state index contributed by atoms with van der Waals surface area (Å²) in [5.74, 6) is 1.97. The van der Waals surface area contributed by atoms with Crippen molar-refractivity contribution in [2.24, 2.45) is 0 Å². The predicted molar refractivity (Wildman–Crippen MR) is 138 cm³/mol. The Bertz CT molecular complexity index is 979. The van der Waals surface area contributed by atoms with E-state index in [1.807, 2.05) is 11.8 Å². The van der Waals surface area contributed by atoms with E-state index >= 15 is 0 Å². The highest BCUT2D eigenvalue weighted by Gasteiger charge is 2.29. The van der Waals surface area contributed by atoms with Gasteiger partial charge < -0.3 is 9.64 Å². The number of hydrogen-bond donors (Lipinski definition) is 0. The van der Waals surface area contributed by atoms with Gasteiger partial charge in [-0.05, 0) is 67.3 Å². The second-order valence-corrected chi connectivity index (χ2v) is 9.44. The lowest BCUT2D eigenvalue weighted by atomic mass is 10.1. The monoisotopic (exact) mass is 466 g/mol. The number of halogens is 1. The van der Waals surface area contributed by atoms with Gasteiger partial charge in [0.2, 0.25) is 0 Å². The van der Waals surface area contributed by atoms with E-state index in [1.54, 1.807) is 7.11 Å². The van der Waals surface area contributed by atoms with Crippen LogP contribution in [-0.4, -0.2) is 37.7 Å². The summed E-state index contributed by atoms with van der Waals surface area (Å²) in [4.78, 5) is 6.68. The first-order valence-electron chi connectivity index (χ1n) is 11.3. The Morgan fingerprint density at radius 3 is 2.50 bits per heavy atom. The minimum absolute atomic E-state index is 0. The summed E-state index contributed by atoms with van der Waals surface area (Å²) >= 11 is 1.96. The zero-order valence-corrected chi connectivity index (χ0v) is 20.2. The average Bonchev–Trinajstić information content (AvgIpc) is 3.21. The molecule has 0 spiro atoms. The molecule has 5 heteroatoms. The van der Waals surface area contributed by atoms with E-state index < -0.39 is 0 Å². The van der Waals surface area contributed by atoms with Gasteiger partial charge in [0.1, 0.15) is 5.75 Å². The smallest absolute Gasteiger partial charge is 0.118 e. The zero-order valence-electron chi connectivity index (χ0n) is 18.6. The lowest BCUT2D eigenvalue weighted by Crippen LogP contribution is -2.39. The number of anilines is 2. The molecule has 1 unspecified atom stereocenters. The van der Waals surface area contributed by atoms with E-state index in [9.17, 15) is 0 Å². The van der Waals surface area contributed by atoms with Crippen molar-refractivity contribution in [3.05, 3.63) is 83.9 Å². The molecule has 5 rings (SSSR count). The number of fused-ring (bicyclic) bond motifs is 2. The predicted octanol–water partition coefficient (Wildman–Crippen LogP) is 6.57. The third kappa shape index (κ3) is 4.93. The molecular weight excluding hydrogens is 436 g/mol. The lowest BCUT2D eigenvalue weighted by Gasteiger charge is -2.33. The van der Waals surface area contributed by atoms with E-state index in [4.69, 9.17) is 4.74 Å². The molecule has 32 heavy (non-hydrogen) atoms. The molecule has 1 saturated heterocycles. The molecule has 0 aromatic heterocycles. The maximum atomic E-state index is 5.30. The van der Waals surface area contributed by atoms with Crippen molar-refractivity contribution in [1.82, 2.24) is 4.90 Å². The Hall–Kier alpha value is -2.14. The number of benzene rings is 3. The Morgan fingerprint density at radius 2 is 1.69 bits per heavy atom. The van der Waals surface area contributed by atoms with Gasteiger partial charge in [0.15, 0.2) is 0 Å². The van der Waals surface area contributed by atoms with Crippen LogP contribution in [0.3, 0.4) is 0 Å². The van der Waals surface area contributed by atoms with Crippen molar-refractivity contribution in [3.63, 3.8) is 0 Å². The van der Waals surface area contributed by atoms with Crippen LogP contribution < -0.4 is 9.64 Å². The fourth-order valence-electron chi connectivity index (χ4n) is 4.85. The highest BCUT2D eigenvalue weighted by atomic mass is 35.5. The first kappa shape index (κ1) is 23.0. The number of methoxy groups -OCH3 is 1. The minimum Gasteiger partial charge on any atom is -0.497 e. The fraction of sp³-hybridized carbons (Fsp3) is 0.333. The molecule has 0 radical (unpaired) electrons. The van der Waals surface area contributed by atoms with Gasteiger partial charge >= 0.3 is 0 Å². The molecule has 0 amide bonds. The average molecular weight is 467 g/mol. The van der Waals surface area contributed by atoms with Crippen molar-refractivity contribution in [2.75, 3.05) is 31.6 Å². The number of hydrogen-bond acceptors (Lipinski definition) is 4. The summed E-state index contributed by atoms with van der Waals surface area (Å²) in [6.45, 7) is 3.37. The van der Waals surface area contributed by atoms with Gasteiger partial charge in [-0.1, -0.05) is 42.5 Å². The number of thioether (sulfide) groups is 1. The van der Waals surface area contributed by atoms with Gasteiger partial charge in [-0.15, -0.1) is 24.2 Å². The zero-order chi connectivity index (χ0) is 21.0. The molecule has 3 nitrogen and oxygen atoms in total. The number of para-hydroxylation sites is 2. The summed E-state index contributed by atoms with van der Waals surface area (Å²) < 4.78 is 5.30. The van der Waals surface area contributed by atoms with Crippen LogP contribution in [0.25, 0.3) is 0 Å². The first-order valence-corrected chi connectivity index (χ1v) is 12.2. The first-order chi connectivity index (χ1) is 15.3. The molecule has 1 atom stereocenters. The summed E-state index contributed by atoms with van der Waals surface area (Å²) in [5, 5.41) is 0. The largest absolute Gasteiger partial charge is 0.497 e. The van der Waals surface area contributed by atoms with Gasteiger partial charge in [-0.3, -0.25) is 4.90 Å². The van der Waals surface area contributed by atoms with Crippen LogP contribution in [0.15, 0.2) is 77.7 Å². The molecule has 2 heterocycles. The van der Waals surface area contributed by atoms with Crippen LogP contribution in [-0.2, 0) is 12.2 Å². The van der Waals surface area contributed by atoms with Crippen molar-refractivity contribution < 1.29 is 4.74 Å². The van der Waals surface area contributed by atoms with Crippen molar-refractivity contribution in [2.45, 2.75) is 36.0 Å². The van der Waals surface area contributed by atoms with Crippen LogP contribution in [0.2, 0.25) is 0 Å². The third-order valence-corrected chi connectivity index (χ3v) is 7.67. The second kappa shape index (κ2) is 10.7. The normalized spacial score (nSPS) is 17.8. The third-order valence-electron chi connectivity index (χ3n) is 6.56. The van der Waals surface area contributed by atoms with E-state index in [-0.39, 0.29) is 12.4 Å². The van der Waals surface area contributed by atoms with Gasteiger partial charge in [0.05, 0.1) is 12.8 Å². The molecule has 1 fully saturated rings. The summed E-state index contributed by atoms with van der Waals surface area (Å²) in [6.07, 6.45) is 3.65. The van der Waals surface area contributed by atoms with E-state index in [0.29, 0.717) is 6.04 Å². The second-order valence-electron chi connectivity index (χ2n) is 8.43. The Balaban J connectivity index is 0.00000245. The summed E-state index contributed by atoms with van der Waals surface area (Å²) in [5.41, 5.74) is 5.56. The van der Waals surface area contributed by atoms with E-state index in [0.717, 1.165) is 31.0 Å². The number of ether oxygens (including phenoxy) is 1.